The quantitative estimate of drug-likeness (QED) is 0.789. The molecule has 1 aromatic carbocycles. The van der Waals surface area contributed by atoms with Crippen molar-refractivity contribution in [1.82, 2.24) is 5.32 Å². The number of piperidine rings is 1. The molecule has 0 aliphatic carbocycles. The molecule has 0 radical (unpaired) electrons. The van der Waals surface area contributed by atoms with Crippen LogP contribution in [0.1, 0.15) is 30.9 Å². The third-order valence-corrected chi connectivity index (χ3v) is 3.96. The van der Waals surface area contributed by atoms with E-state index in [9.17, 15) is 0 Å². The molecule has 0 saturated carbocycles. The molecule has 2 rings (SSSR count). The molecule has 3 heteroatoms. The lowest BCUT2D eigenvalue weighted by atomic mass is 9.97. The van der Waals surface area contributed by atoms with Crippen molar-refractivity contribution in [3.05, 3.63) is 28.8 Å². The van der Waals surface area contributed by atoms with Crippen LogP contribution in [0, 0.1) is 0 Å². The van der Waals surface area contributed by atoms with Gasteiger partial charge in [0.2, 0.25) is 0 Å². The van der Waals surface area contributed by atoms with Gasteiger partial charge in [-0.15, -0.1) is 11.8 Å². The summed E-state index contributed by atoms with van der Waals surface area (Å²) >= 11 is 8.01. The van der Waals surface area contributed by atoms with Crippen LogP contribution in [0.15, 0.2) is 23.1 Å². The molecule has 1 nitrogen and oxygen atoms in total. The molecule has 0 aromatic heterocycles. The van der Waals surface area contributed by atoms with Gasteiger partial charge in [0.25, 0.3) is 0 Å². The summed E-state index contributed by atoms with van der Waals surface area (Å²) in [4.78, 5) is 1.29. The maximum Gasteiger partial charge on any atom is 0.0454 e. The van der Waals surface area contributed by atoms with E-state index in [0.717, 1.165) is 11.6 Å². The standard InChI is InChI=1S/C12H16ClNS/c1-15-9-5-6-11(13)10(8-9)12-4-2-3-7-14-12/h5-6,8,12,14H,2-4,7H2,1H3. The molecule has 1 aliphatic heterocycles. The fraction of sp³-hybridized carbons (Fsp3) is 0.500. The van der Waals surface area contributed by atoms with E-state index in [1.807, 2.05) is 6.07 Å². The Bertz CT molecular complexity index is 334. The van der Waals surface area contributed by atoms with Gasteiger partial charge in [0, 0.05) is 16.0 Å². The van der Waals surface area contributed by atoms with Crippen LogP contribution in [0.2, 0.25) is 5.02 Å². The Morgan fingerprint density at radius 3 is 2.93 bits per heavy atom. The van der Waals surface area contributed by atoms with Crippen molar-refractivity contribution in [2.45, 2.75) is 30.2 Å². The first-order valence-electron chi connectivity index (χ1n) is 5.38. The van der Waals surface area contributed by atoms with E-state index in [2.05, 4.69) is 23.7 Å². The monoisotopic (exact) mass is 241 g/mol. The van der Waals surface area contributed by atoms with Crippen molar-refractivity contribution < 1.29 is 0 Å². The average Bonchev–Trinajstić information content (AvgIpc) is 2.31. The number of halogens is 1. The average molecular weight is 242 g/mol. The fourth-order valence-electron chi connectivity index (χ4n) is 2.03. The molecule has 0 amide bonds. The summed E-state index contributed by atoms with van der Waals surface area (Å²) in [6.07, 6.45) is 5.90. The number of thioether (sulfide) groups is 1. The highest BCUT2D eigenvalue weighted by molar-refractivity contribution is 7.98. The maximum absolute atomic E-state index is 6.24. The van der Waals surface area contributed by atoms with Crippen LogP contribution in [0.5, 0.6) is 0 Å². The van der Waals surface area contributed by atoms with Gasteiger partial charge in [-0.1, -0.05) is 18.0 Å². The summed E-state index contributed by atoms with van der Waals surface area (Å²) in [5.41, 5.74) is 1.27. The van der Waals surface area contributed by atoms with E-state index >= 15 is 0 Å². The van der Waals surface area contributed by atoms with E-state index < -0.39 is 0 Å². The number of benzene rings is 1. The molecule has 0 bridgehead atoms. The second-order valence-corrected chi connectivity index (χ2v) is 5.18. The second kappa shape index (κ2) is 5.24. The van der Waals surface area contributed by atoms with E-state index in [1.165, 1.54) is 29.7 Å². The smallest absolute Gasteiger partial charge is 0.0454 e. The van der Waals surface area contributed by atoms with Gasteiger partial charge >= 0.3 is 0 Å². The third-order valence-electron chi connectivity index (χ3n) is 2.89. The van der Waals surface area contributed by atoms with Gasteiger partial charge in [-0.05, 0) is 49.4 Å². The molecule has 1 N–H and O–H groups in total. The van der Waals surface area contributed by atoms with Gasteiger partial charge in [0.05, 0.1) is 0 Å². The van der Waals surface area contributed by atoms with Crippen molar-refractivity contribution in [3.63, 3.8) is 0 Å². The van der Waals surface area contributed by atoms with E-state index in [0.29, 0.717) is 6.04 Å². The van der Waals surface area contributed by atoms with Gasteiger partial charge in [0.1, 0.15) is 0 Å². The highest BCUT2D eigenvalue weighted by Gasteiger charge is 2.17. The molecule has 1 aromatic rings. The van der Waals surface area contributed by atoms with Crippen molar-refractivity contribution in [2.24, 2.45) is 0 Å². The van der Waals surface area contributed by atoms with Crippen LogP contribution in [0.25, 0.3) is 0 Å². The molecular weight excluding hydrogens is 226 g/mol. The highest BCUT2D eigenvalue weighted by atomic mass is 35.5. The van der Waals surface area contributed by atoms with Crippen LogP contribution in [-0.2, 0) is 0 Å². The Morgan fingerprint density at radius 2 is 2.27 bits per heavy atom. The summed E-state index contributed by atoms with van der Waals surface area (Å²) in [5, 5.41) is 4.43. The molecule has 1 fully saturated rings. The Labute approximate surface area is 101 Å². The maximum atomic E-state index is 6.24. The van der Waals surface area contributed by atoms with Crippen molar-refractivity contribution in [1.29, 1.82) is 0 Å². The molecule has 0 spiro atoms. The first-order valence-corrected chi connectivity index (χ1v) is 6.98. The minimum atomic E-state index is 0.457. The highest BCUT2D eigenvalue weighted by Crippen LogP contribution is 2.31. The zero-order valence-electron chi connectivity index (χ0n) is 8.92. The van der Waals surface area contributed by atoms with Crippen LogP contribution >= 0.6 is 23.4 Å². The SMILES string of the molecule is CSc1ccc(Cl)c(C2CCCCN2)c1. The van der Waals surface area contributed by atoms with Gasteiger partial charge in [-0.3, -0.25) is 0 Å². The van der Waals surface area contributed by atoms with Crippen LogP contribution in [-0.4, -0.2) is 12.8 Å². The van der Waals surface area contributed by atoms with Gasteiger partial charge in [-0.25, -0.2) is 0 Å². The summed E-state index contributed by atoms with van der Waals surface area (Å²) in [7, 11) is 0. The molecule has 1 aliphatic rings. The van der Waals surface area contributed by atoms with Crippen molar-refractivity contribution >= 4 is 23.4 Å². The molecule has 15 heavy (non-hydrogen) atoms. The normalized spacial score (nSPS) is 21.6. The van der Waals surface area contributed by atoms with E-state index in [4.69, 9.17) is 11.6 Å². The van der Waals surface area contributed by atoms with Crippen LogP contribution < -0.4 is 5.32 Å². The predicted molar refractivity (Wildman–Crippen MR) is 67.8 cm³/mol. The number of hydrogen-bond donors (Lipinski definition) is 1. The topological polar surface area (TPSA) is 12.0 Å². The molecule has 1 heterocycles. The Kier molecular flexibility index (Phi) is 3.95. The van der Waals surface area contributed by atoms with E-state index in [-0.39, 0.29) is 0 Å². The minimum Gasteiger partial charge on any atom is -0.310 e. The number of hydrogen-bond acceptors (Lipinski definition) is 2. The minimum absolute atomic E-state index is 0.457. The van der Waals surface area contributed by atoms with E-state index in [1.54, 1.807) is 11.8 Å². The number of rotatable bonds is 2. The van der Waals surface area contributed by atoms with Gasteiger partial charge < -0.3 is 5.32 Å². The first kappa shape index (κ1) is 11.3. The predicted octanol–water partition coefficient (Wildman–Crippen LogP) is 3.88. The largest absolute Gasteiger partial charge is 0.310 e. The summed E-state index contributed by atoms with van der Waals surface area (Å²) in [6, 6.07) is 6.77. The summed E-state index contributed by atoms with van der Waals surface area (Å²) < 4.78 is 0. The van der Waals surface area contributed by atoms with Crippen LogP contribution in [0.3, 0.4) is 0 Å². The van der Waals surface area contributed by atoms with Crippen molar-refractivity contribution in [2.75, 3.05) is 12.8 Å². The molecule has 1 atom stereocenters. The summed E-state index contributed by atoms with van der Waals surface area (Å²) in [6.45, 7) is 1.12. The van der Waals surface area contributed by atoms with Crippen LogP contribution in [0.4, 0.5) is 0 Å². The van der Waals surface area contributed by atoms with Crippen molar-refractivity contribution in [3.8, 4) is 0 Å². The van der Waals surface area contributed by atoms with Gasteiger partial charge in [-0.2, -0.15) is 0 Å². The second-order valence-electron chi connectivity index (χ2n) is 3.89. The summed E-state index contributed by atoms with van der Waals surface area (Å²) in [5.74, 6) is 0. The number of nitrogens with one attached hydrogen (secondary N) is 1. The Morgan fingerprint density at radius 1 is 1.40 bits per heavy atom. The third kappa shape index (κ3) is 2.68. The Hall–Kier alpha value is -0.180. The molecule has 82 valence electrons. The molecule has 1 saturated heterocycles. The molecule has 1 unspecified atom stereocenters. The first-order chi connectivity index (χ1) is 7.31. The van der Waals surface area contributed by atoms with Gasteiger partial charge in [0.15, 0.2) is 0 Å². The Balaban J connectivity index is 2.24. The lowest BCUT2D eigenvalue weighted by Crippen LogP contribution is -2.26. The zero-order chi connectivity index (χ0) is 10.7. The zero-order valence-corrected chi connectivity index (χ0v) is 10.5. The lowest BCUT2D eigenvalue weighted by molar-refractivity contribution is 0.412. The lowest BCUT2D eigenvalue weighted by Gasteiger charge is -2.25. The molecular formula is C12H16ClNS. The fourth-order valence-corrected chi connectivity index (χ4v) is 2.73.